The van der Waals surface area contributed by atoms with Gasteiger partial charge in [-0.25, -0.2) is 4.98 Å². The maximum absolute atomic E-state index is 5.50. The van der Waals surface area contributed by atoms with Crippen LogP contribution in [0.4, 0.5) is 11.8 Å². The highest BCUT2D eigenvalue weighted by Crippen LogP contribution is 2.17. The summed E-state index contributed by atoms with van der Waals surface area (Å²) < 4.78 is 7.38. The van der Waals surface area contributed by atoms with Gasteiger partial charge in [-0.15, -0.1) is 0 Å². The summed E-state index contributed by atoms with van der Waals surface area (Å²) in [4.78, 5) is 8.85. The fourth-order valence-corrected chi connectivity index (χ4v) is 3.07. The van der Waals surface area contributed by atoms with Crippen molar-refractivity contribution in [2.45, 2.75) is 25.4 Å². The third kappa shape index (κ3) is 3.71. The predicted molar refractivity (Wildman–Crippen MR) is 97.5 cm³/mol. The lowest BCUT2D eigenvalue weighted by atomic mass is 10.1. The van der Waals surface area contributed by atoms with Crippen LogP contribution in [0.5, 0.6) is 0 Å². The molecule has 7 heteroatoms. The molecule has 1 saturated heterocycles. The minimum absolute atomic E-state index is 0.323. The molecule has 0 aliphatic carbocycles. The molecule has 3 aromatic rings. The van der Waals surface area contributed by atoms with Crippen LogP contribution in [-0.2, 0) is 18.3 Å². The maximum Gasteiger partial charge on any atom is 0.224 e. The van der Waals surface area contributed by atoms with Crippen molar-refractivity contribution in [2.24, 2.45) is 7.05 Å². The Labute approximate surface area is 146 Å². The van der Waals surface area contributed by atoms with E-state index in [0.29, 0.717) is 18.5 Å². The normalized spacial score (nSPS) is 17.6. The summed E-state index contributed by atoms with van der Waals surface area (Å²) >= 11 is 0. The second-order valence-corrected chi connectivity index (χ2v) is 6.34. The van der Waals surface area contributed by atoms with E-state index < -0.39 is 0 Å². The van der Waals surface area contributed by atoms with Gasteiger partial charge < -0.3 is 15.4 Å². The Morgan fingerprint density at radius 2 is 2.28 bits per heavy atom. The number of fused-ring (bicyclic) bond motifs is 1. The lowest BCUT2D eigenvalue weighted by Crippen LogP contribution is -2.30. The molecule has 1 aliphatic heterocycles. The summed E-state index contributed by atoms with van der Waals surface area (Å²) in [6.45, 7) is 2.25. The molecule has 0 saturated carbocycles. The zero-order chi connectivity index (χ0) is 17.1. The number of hydrogen-bond donors (Lipinski definition) is 2. The lowest BCUT2D eigenvalue weighted by Gasteiger charge is -2.23. The fraction of sp³-hybridized carbons (Fsp3) is 0.389. The average molecular weight is 338 g/mol. The Balaban J connectivity index is 1.41. The molecule has 0 spiro atoms. The number of hydrogen-bond acceptors (Lipinski definition) is 6. The summed E-state index contributed by atoms with van der Waals surface area (Å²) in [6.07, 6.45) is 5.84. The highest BCUT2D eigenvalue weighted by Gasteiger charge is 2.14. The van der Waals surface area contributed by atoms with Crippen molar-refractivity contribution in [1.29, 1.82) is 0 Å². The van der Waals surface area contributed by atoms with Crippen molar-refractivity contribution in [2.75, 3.05) is 23.8 Å². The predicted octanol–water partition coefficient (Wildman–Crippen LogP) is 2.57. The van der Waals surface area contributed by atoms with Crippen molar-refractivity contribution in [1.82, 2.24) is 19.7 Å². The van der Waals surface area contributed by atoms with E-state index >= 15 is 0 Å². The van der Waals surface area contributed by atoms with Crippen molar-refractivity contribution in [3.05, 3.63) is 42.2 Å². The first-order valence-electron chi connectivity index (χ1n) is 8.60. The summed E-state index contributed by atoms with van der Waals surface area (Å²) in [5, 5.41) is 12.1. The van der Waals surface area contributed by atoms with Gasteiger partial charge in [-0.2, -0.15) is 10.1 Å². The molecular formula is C18H22N6O. The highest BCUT2D eigenvalue weighted by molar-refractivity contribution is 5.79. The van der Waals surface area contributed by atoms with Crippen LogP contribution in [0.1, 0.15) is 18.4 Å². The molecule has 1 aromatic carbocycles. The van der Waals surface area contributed by atoms with Crippen LogP contribution in [0.25, 0.3) is 10.9 Å². The first-order valence-corrected chi connectivity index (χ1v) is 8.60. The van der Waals surface area contributed by atoms with Crippen molar-refractivity contribution in [3.8, 4) is 0 Å². The molecule has 1 unspecified atom stereocenters. The quantitative estimate of drug-likeness (QED) is 0.744. The first kappa shape index (κ1) is 15.8. The van der Waals surface area contributed by atoms with Crippen LogP contribution >= 0.6 is 0 Å². The SMILES string of the molecule is Cn1ncc2ccc(CNc3nccc(NC4CCCOC4)n3)cc21. The van der Waals surface area contributed by atoms with E-state index in [9.17, 15) is 0 Å². The van der Waals surface area contributed by atoms with Crippen LogP contribution in [0, 0.1) is 0 Å². The Morgan fingerprint density at radius 1 is 1.32 bits per heavy atom. The zero-order valence-corrected chi connectivity index (χ0v) is 14.3. The van der Waals surface area contributed by atoms with E-state index in [4.69, 9.17) is 4.74 Å². The monoisotopic (exact) mass is 338 g/mol. The minimum Gasteiger partial charge on any atom is -0.379 e. The Bertz CT molecular complexity index is 856. The first-order chi connectivity index (χ1) is 12.3. The number of anilines is 2. The molecule has 7 nitrogen and oxygen atoms in total. The van der Waals surface area contributed by atoms with Crippen LogP contribution < -0.4 is 10.6 Å². The number of aromatic nitrogens is 4. The van der Waals surface area contributed by atoms with Crippen molar-refractivity contribution < 1.29 is 4.74 Å². The van der Waals surface area contributed by atoms with Crippen LogP contribution in [0.2, 0.25) is 0 Å². The van der Waals surface area contributed by atoms with E-state index in [-0.39, 0.29) is 0 Å². The molecule has 1 atom stereocenters. The molecule has 2 aromatic heterocycles. The van der Waals surface area contributed by atoms with E-state index in [0.717, 1.165) is 42.8 Å². The third-order valence-electron chi connectivity index (χ3n) is 4.43. The van der Waals surface area contributed by atoms with Crippen molar-refractivity contribution >= 4 is 22.7 Å². The zero-order valence-electron chi connectivity index (χ0n) is 14.3. The van der Waals surface area contributed by atoms with Gasteiger partial charge >= 0.3 is 0 Å². The van der Waals surface area contributed by atoms with Crippen LogP contribution in [0.15, 0.2) is 36.7 Å². The van der Waals surface area contributed by atoms with E-state index in [1.54, 1.807) is 6.20 Å². The number of rotatable bonds is 5. The number of nitrogens with one attached hydrogen (secondary N) is 2. The van der Waals surface area contributed by atoms with Gasteiger partial charge in [-0.05, 0) is 30.5 Å². The molecule has 1 fully saturated rings. The minimum atomic E-state index is 0.323. The van der Waals surface area contributed by atoms with Crippen molar-refractivity contribution in [3.63, 3.8) is 0 Å². The average Bonchev–Trinajstić information content (AvgIpc) is 3.02. The van der Waals surface area contributed by atoms with E-state index in [1.807, 2.05) is 24.0 Å². The highest BCUT2D eigenvalue weighted by atomic mass is 16.5. The molecule has 2 N–H and O–H groups in total. The van der Waals surface area contributed by atoms with Gasteiger partial charge in [0.15, 0.2) is 0 Å². The lowest BCUT2D eigenvalue weighted by molar-refractivity contribution is 0.0875. The molecule has 3 heterocycles. The summed E-state index contributed by atoms with van der Waals surface area (Å²) in [5.41, 5.74) is 2.28. The second-order valence-electron chi connectivity index (χ2n) is 6.34. The van der Waals surface area contributed by atoms with Gasteiger partial charge in [0.05, 0.1) is 24.4 Å². The number of aryl methyl sites for hydroxylation is 1. The van der Waals surface area contributed by atoms with Gasteiger partial charge in [0.1, 0.15) is 5.82 Å². The second kappa shape index (κ2) is 7.06. The smallest absolute Gasteiger partial charge is 0.224 e. The summed E-state index contributed by atoms with van der Waals surface area (Å²) in [5.74, 6) is 1.45. The van der Waals surface area contributed by atoms with Crippen LogP contribution in [-0.4, -0.2) is 39.0 Å². The molecule has 0 bridgehead atoms. The standard InChI is InChI=1S/C18H22N6O/c1-24-16-9-13(4-5-14(16)11-21-24)10-20-18-19-7-6-17(23-18)22-15-3-2-8-25-12-15/h4-7,9,11,15H,2-3,8,10,12H2,1H3,(H2,19,20,22,23). The molecule has 0 amide bonds. The van der Waals surface area contributed by atoms with Crippen LogP contribution in [0.3, 0.4) is 0 Å². The van der Waals surface area contributed by atoms with E-state index in [1.165, 1.54) is 5.56 Å². The molecular weight excluding hydrogens is 316 g/mol. The number of ether oxygens (including phenoxy) is 1. The molecule has 25 heavy (non-hydrogen) atoms. The third-order valence-corrected chi connectivity index (χ3v) is 4.43. The molecule has 1 aliphatic rings. The Morgan fingerprint density at radius 3 is 3.16 bits per heavy atom. The molecule has 4 rings (SSSR count). The maximum atomic E-state index is 5.50. The molecule has 0 radical (unpaired) electrons. The summed E-state index contributed by atoms with van der Waals surface area (Å²) in [7, 11) is 1.95. The van der Waals surface area contributed by atoms with Gasteiger partial charge in [0.25, 0.3) is 0 Å². The number of nitrogens with zero attached hydrogens (tertiary/aromatic N) is 4. The Kier molecular flexibility index (Phi) is 4.47. The number of benzene rings is 1. The van der Waals surface area contributed by atoms with E-state index in [2.05, 4.69) is 43.9 Å². The van der Waals surface area contributed by atoms with Gasteiger partial charge in [-0.1, -0.05) is 12.1 Å². The fourth-order valence-electron chi connectivity index (χ4n) is 3.07. The van der Waals surface area contributed by atoms with Gasteiger partial charge in [0, 0.05) is 31.8 Å². The molecule has 130 valence electrons. The van der Waals surface area contributed by atoms with Gasteiger partial charge in [-0.3, -0.25) is 4.68 Å². The van der Waals surface area contributed by atoms with Gasteiger partial charge in [0.2, 0.25) is 5.95 Å². The topological polar surface area (TPSA) is 76.9 Å². The summed E-state index contributed by atoms with van der Waals surface area (Å²) in [6, 6.07) is 8.53. The Hall–Kier alpha value is -2.67. The largest absolute Gasteiger partial charge is 0.379 e.